The van der Waals surface area contributed by atoms with Crippen LogP contribution in [-0.2, 0) is 0 Å². The lowest BCUT2D eigenvalue weighted by molar-refractivity contribution is -0.384. The maximum atomic E-state index is 11.0. The number of nitro benzene ring substituents is 1. The van der Waals surface area contributed by atoms with E-state index in [1.54, 1.807) is 29.6 Å². The zero-order valence-corrected chi connectivity index (χ0v) is 17.7. The van der Waals surface area contributed by atoms with Crippen LogP contribution in [0.25, 0.3) is 16.8 Å². The second kappa shape index (κ2) is 9.60. The first-order valence-electron chi connectivity index (χ1n) is 8.88. The number of anilines is 1. The van der Waals surface area contributed by atoms with Crippen LogP contribution in [0.4, 0.5) is 11.4 Å². The molecule has 0 saturated heterocycles. The van der Waals surface area contributed by atoms with Crippen molar-refractivity contribution in [3.8, 4) is 34.6 Å². The maximum absolute atomic E-state index is 11.0. The van der Waals surface area contributed by atoms with Gasteiger partial charge in [0.25, 0.3) is 5.69 Å². The molecule has 3 rings (SSSR count). The van der Waals surface area contributed by atoms with Crippen molar-refractivity contribution in [1.29, 1.82) is 5.26 Å². The van der Waals surface area contributed by atoms with Crippen LogP contribution in [0, 0.1) is 21.4 Å². The quantitative estimate of drug-likeness (QED) is 0.305. The van der Waals surface area contributed by atoms with Crippen LogP contribution in [0.3, 0.4) is 0 Å². The number of nitrogens with one attached hydrogen (secondary N) is 1. The highest BCUT2D eigenvalue weighted by atomic mass is 32.1. The van der Waals surface area contributed by atoms with E-state index >= 15 is 0 Å². The number of ether oxygens (including phenoxy) is 3. The Morgan fingerprint density at radius 2 is 1.90 bits per heavy atom. The summed E-state index contributed by atoms with van der Waals surface area (Å²) in [4.78, 5) is 15.0. The van der Waals surface area contributed by atoms with Crippen molar-refractivity contribution in [2.45, 2.75) is 0 Å². The SMILES string of the molecule is COc1cc(N/C=C(\C#N)c2nc(-c3cccc([N+](=O)[O-])c3)cs2)cc(OC)c1OC. The molecule has 0 aliphatic rings. The molecule has 0 aliphatic carbocycles. The number of nitro groups is 1. The van der Waals surface area contributed by atoms with Crippen LogP contribution >= 0.6 is 11.3 Å². The Bertz CT molecular complexity index is 1160. The summed E-state index contributed by atoms with van der Waals surface area (Å²) in [5, 5.41) is 25.9. The number of thiazole rings is 1. The first-order chi connectivity index (χ1) is 15.0. The zero-order valence-electron chi connectivity index (χ0n) is 16.9. The molecule has 0 spiro atoms. The lowest BCUT2D eigenvalue weighted by atomic mass is 10.1. The number of nitrogens with zero attached hydrogens (tertiary/aromatic N) is 3. The van der Waals surface area contributed by atoms with Gasteiger partial charge < -0.3 is 19.5 Å². The summed E-state index contributed by atoms with van der Waals surface area (Å²) < 4.78 is 16.0. The second-order valence-electron chi connectivity index (χ2n) is 6.07. The average molecular weight is 438 g/mol. The fourth-order valence-electron chi connectivity index (χ4n) is 2.77. The van der Waals surface area contributed by atoms with E-state index in [1.807, 2.05) is 0 Å². The Morgan fingerprint density at radius 1 is 1.19 bits per heavy atom. The van der Waals surface area contributed by atoms with Crippen LogP contribution in [-0.4, -0.2) is 31.2 Å². The van der Waals surface area contributed by atoms with E-state index in [9.17, 15) is 15.4 Å². The van der Waals surface area contributed by atoms with Crippen molar-refractivity contribution >= 4 is 28.3 Å². The van der Waals surface area contributed by atoms with Crippen molar-refractivity contribution in [2.75, 3.05) is 26.6 Å². The second-order valence-corrected chi connectivity index (χ2v) is 6.93. The minimum atomic E-state index is -0.460. The molecule has 0 aliphatic heterocycles. The Kier molecular flexibility index (Phi) is 6.69. The summed E-state index contributed by atoms with van der Waals surface area (Å²) in [6, 6.07) is 11.7. The molecule has 1 N–H and O–H groups in total. The standard InChI is InChI=1S/C21H18N4O5S/c1-28-18-8-15(9-19(29-2)20(18)30-3)23-11-14(10-22)21-24-17(12-31-21)13-5-4-6-16(7-13)25(26)27/h4-9,11-12,23H,1-3H3/b14-11+. The summed E-state index contributed by atoms with van der Waals surface area (Å²) in [6.07, 6.45) is 1.52. The van der Waals surface area contributed by atoms with Gasteiger partial charge in [0, 0.05) is 47.1 Å². The molecule has 0 bridgehead atoms. The van der Waals surface area contributed by atoms with Crippen molar-refractivity contribution < 1.29 is 19.1 Å². The van der Waals surface area contributed by atoms with Gasteiger partial charge in [-0.15, -0.1) is 11.3 Å². The van der Waals surface area contributed by atoms with E-state index in [0.717, 1.165) is 0 Å². The number of allylic oxidation sites excluding steroid dienone is 1. The van der Waals surface area contributed by atoms with Gasteiger partial charge in [-0.25, -0.2) is 4.98 Å². The number of benzene rings is 2. The van der Waals surface area contributed by atoms with Gasteiger partial charge in [0.2, 0.25) is 5.75 Å². The van der Waals surface area contributed by atoms with Gasteiger partial charge in [0.1, 0.15) is 16.6 Å². The van der Waals surface area contributed by atoms with E-state index < -0.39 is 4.92 Å². The maximum Gasteiger partial charge on any atom is 0.270 e. The van der Waals surface area contributed by atoms with Gasteiger partial charge in [0.05, 0.1) is 31.9 Å². The number of hydrogen-bond donors (Lipinski definition) is 1. The van der Waals surface area contributed by atoms with Crippen molar-refractivity contribution in [2.24, 2.45) is 0 Å². The highest BCUT2D eigenvalue weighted by Gasteiger charge is 2.14. The van der Waals surface area contributed by atoms with Crippen molar-refractivity contribution in [3.05, 3.63) is 63.1 Å². The lowest BCUT2D eigenvalue weighted by Crippen LogP contribution is -1.98. The summed E-state index contributed by atoms with van der Waals surface area (Å²) in [5.41, 5.74) is 2.06. The van der Waals surface area contributed by atoms with Crippen LogP contribution in [0.5, 0.6) is 17.2 Å². The molecular weight excluding hydrogens is 420 g/mol. The number of rotatable bonds is 8. The van der Waals surface area contributed by atoms with E-state index in [2.05, 4.69) is 16.4 Å². The van der Waals surface area contributed by atoms with E-state index in [-0.39, 0.29) is 5.69 Å². The highest BCUT2D eigenvalue weighted by Crippen LogP contribution is 2.40. The van der Waals surface area contributed by atoms with E-state index in [4.69, 9.17) is 14.2 Å². The molecule has 0 atom stereocenters. The highest BCUT2D eigenvalue weighted by molar-refractivity contribution is 7.11. The third-order valence-corrected chi connectivity index (χ3v) is 5.13. The van der Waals surface area contributed by atoms with Crippen LogP contribution in [0.1, 0.15) is 5.01 Å². The summed E-state index contributed by atoms with van der Waals surface area (Å²) in [7, 11) is 4.55. The monoisotopic (exact) mass is 438 g/mol. The Morgan fingerprint density at radius 3 is 2.48 bits per heavy atom. The Hall–Kier alpha value is -4.10. The zero-order chi connectivity index (χ0) is 22.4. The minimum Gasteiger partial charge on any atom is -0.493 e. The molecule has 0 amide bonds. The smallest absolute Gasteiger partial charge is 0.270 e. The van der Waals surface area contributed by atoms with Gasteiger partial charge in [-0.05, 0) is 0 Å². The fraction of sp³-hybridized carbons (Fsp3) is 0.143. The molecule has 0 saturated carbocycles. The molecule has 3 aromatic rings. The lowest BCUT2D eigenvalue weighted by Gasteiger charge is -2.14. The van der Waals surface area contributed by atoms with Gasteiger partial charge in [-0.3, -0.25) is 10.1 Å². The number of methoxy groups -OCH3 is 3. The molecule has 31 heavy (non-hydrogen) atoms. The Balaban J connectivity index is 1.88. The topological polar surface area (TPSA) is 120 Å². The van der Waals surface area contributed by atoms with E-state index in [1.165, 1.54) is 51.0 Å². The van der Waals surface area contributed by atoms with Gasteiger partial charge in [-0.2, -0.15) is 5.26 Å². The number of aromatic nitrogens is 1. The number of non-ortho nitro benzene ring substituents is 1. The molecule has 0 unspecified atom stereocenters. The van der Waals surface area contributed by atoms with E-state index in [0.29, 0.717) is 44.8 Å². The minimum absolute atomic E-state index is 0.0211. The number of hydrogen-bond acceptors (Lipinski definition) is 9. The average Bonchev–Trinajstić information content (AvgIpc) is 3.28. The molecule has 9 nitrogen and oxygen atoms in total. The first-order valence-corrected chi connectivity index (χ1v) is 9.76. The fourth-order valence-corrected chi connectivity index (χ4v) is 3.57. The molecule has 2 aromatic carbocycles. The summed E-state index contributed by atoms with van der Waals surface area (Å²) >= 11 is 1.27. The van der Waals surface area contributed by atoms with Crippen LogP contribution in [0.15, 0.2) is 48.0 Å². The van der Waals surface area contributed by atoms with Crippen molar-refractivity contribution in [3.63, 3.8) is 0 Å². The van der Waals surface area contributed by atoms with Gasteiger partial charge in [-0.1, -0.05) is 12.1 Å². The molecule has 0 fully saturated rings. The predicted octanol–water partition coefficient (Wildman–Crippen LogP) is 4.72. The molecule has 1 aromatic heterocycles. The van der Waals surface area contributed by atoms with Crippen LogP contribution in [0.2, 0.25) is 0 Å². The molecule has 10 heteroatoms. The Labute approximate surface area is 182 Å². The molecule has 0 radical (unpaired) electrons. The van der Waals surface area contributed by atoms with Gasteiger partial charge >= 0.3 is 0 Å². The third-order valence-electron chi connectivity index (χ3n) is 4.26. The predicted molar refractivity (Wildman–Crippen MR) is 118 cm³/mol. The summed E-state index contributed by atoms with van der Waals surface area (Å²) in [6.45, 7) is 0. The normalized spacial score (nSPS) is 10.8. The van der Waals surface area contributed by atoms with Gasteiger partial charge in [0.15, 0.2) is 11.5 Å². The largest absolute Gasteiger partial charge is 0.493 e. The van der Waals surface area contributed by atoms with Crippen molar-refractivity contribution in [1.82, 2.24) is 4.98 Å². The number of nitriles is 1. The molecule has 1 heterocycles. The summed E-state index contributed by atoms with van der Waals surface area (Å²) in [5.74, 6) is 1.40. The molecule has 158 valence electrons. The third kappa shape index (κ3) is 4.73. The first kappa shape index (κ1) is 21.6. The van der Waals surface area contributed by atoms with Crippen LogP contribution < -0.4 is 19.5 Å². The molecular formula is C21H18N4O5S.